The number of nitrogens with one attached hydrogen (secondary N) is 1. The van der Waals surface area contributed by atoms with Gasteiger partial charge in [-0.05, 0) is 31.7 Å². The molecule has 0 amide bonds. The second-order valence-electron chi connectivity index (χ2n) is 5.33. The van der Waals surface area contributed by atoms with Gasteiger partial charge in [-0.1, -0.05) is 6.92 Å². The quantitative estimate of drug-likeness (QED) is 0.730. The van der Waals surface area contributed by atoms with Gasteiger partial charge in [0.2, 0.25) is 0 Å². The molecule has 2 saturated heterocycles. The molecule has 0 radical (unpaired) electrons. The topological polar surface area (TPSA) is 52.6 Å². The molecule has 2 N–H and O–H groups in total. The zero-order valence-corrected chi connectivity index (χ0v) is 9.98. The number of likely N-dealkylation sites (tertiary alicyclic amines) is 1. The van der Waals surface area contributed by atoms with Crippen molar-refractivity contribution in [3.8, 4) is 0 Å². The molecule has 2 fully saturated rings. The molecule has 0 aromatic heterocycles. The van der Waals surface area contributed by atoms with E-state index in [1.807, 2.05) is 0 Å². The lowest BCUT2D eigenvalue weighted by Gasteiger charge is -2.40. The summed E-state index contributed by atoms with van der Waals surface area (Å²) in [6.45, 7) is 6.16. The Bertz CT molecular complexity index is 257. The molecule has 2 rings (SSSR count). The molecule has 3 atom stereocenters. The van der Waals surface area contributed by atoms with Gasteiger partial charge in [0.05, 0.1) is 5.92 Å². The van der Waals surface area contributed by atoms with Crippen molar-refractivity contribution in [2.24, 2.45) is 11.8 Å². The van der Waals surface area contributed by atoms with Crippen LogP contribution in [0, 0.1) is 11.8 Å². The smallest absolute Gasteiger partial charge is 0.307 e. The van der Waals surface area contributed by atoms with Crippen LogP contribution in [0.1, 0.15) is 26.2 Å². The molecule has 0 spiro atoms. The molecule has 3 unspecified atom stereocenters. The standard InChI is InChI=1S/C12H22N2O2/c1-9-3-2-4-14(8-9)11-5-10(12(15)16)6-13-7-11/h9-11,13H,2-8H2,1H3,(H,15,16). The van der Waals surface area contributed by atoms with Gasteiger partial charge in [-0.15, -0.1) is 0 Å². The largest absolute Gasteiger partial charge is 0.481 e. The lowest BCUT2D eigenvalue weighted by Crippen LogP contribution is -2.53. The predicted octanol–water partition coefficient (Wildman–Crippen LogP) is 0.781. The second-order valence-corrected chi connectivity index (χ2v) is 5.33. The van der Waals surface area contributed by atoms with E-state index in [9.17, 15) is 4.79 Å². The van der Waals surface area contributed by atoms with Gasteiger partial charge in [-0.25, -0.2) is 0 Å². The average molecular weight is 226 g/mol. The van der Waals surface area contributed by atoms with Crippen LogP contribution in [0.15, 0.2) is 0 Å². The van der Waals surface area contributed by atoms with Gasteiger partial charge < -0.3 is 10.4 Å². The van der Waals surface area contributed by atoms with E-state index in [4.69, 9.17) is 5.11 Å². The Morgan fingerprint density at radius 2 is 2.25 bits per heavy atom. The molecule has 0 aromatic rings. The number of hydrogen-bond donors (Lipinski definition) is 2. The Hall–Kier alpha value is -0.610. The van der Waals surface area contributed by atoms with Gasteiger partial charge in [0.1, 0.15) is 0 Å². The third-order valence-electron chi connectivity index (χ3n) is 3.88. The van der Waals surface area contributed by atoms with E-state index in [1.165, 1.54) is 12.8 Å². The summed E-state index contributed by atoms with van der Waals surface area (Å²) in [6.07, 6.45) is 3.39. The van der Waals surface area contributed by atoms with Crippen LogP contribution in [0.4, 0.5) is 0 Å². The van der Waals surface area contributed by atoms with Crippen LogP contribution in [-0.4, -0.2) is 48.2 Å². The average Bonchev–Trinajstić information content (AvgIpc) is 2.29. The maximum Gasteiger partial charge on any atom is 0.307 e. The molecule has 0 saturated carbocycles. The summed E-state index contributed by atoms with van der Waals surface area (Å²) >= 11 is 0. The Labute approximate surface area is 97.0 Å². The van der Waals surface area contributed by atoms with E-state index >= 15 is 0 Å². The number of piperidine rings is 2. The van der Waals surface area contributed by atoms with E-state index in [1.54, 1.807) is 0 Å². The number of carboxylic acids is 1. The normalized spacial score (nSPS) is 37.2. The number of nitrogens with zero attached hydrogens (tertiary/aromatic N) is 1. The van der Waals surface area contributed by atoms with Crippen LogP contribution in [0.3, 0.4) is 0 Å². The fourth-order valence-corrected chi connectivity index (χ4v) is 2.94. The zero-order valence-electron chi connectivity index (χ0n) is 9.98. The lowest BCUT2D eigenvalue weighted by molar-refractivity contribution is -0.143. The zero-order chi connectivity index (χ0) is 11.5. The Balaban J connectivity index is 1.90. The summed E-state index contributed by atoms with van der Waals surface area (Å²) in [4.78, 5) is 13.5. The highest BCUT2D eigenvalue weighted by molar-refractivity contribution is 5.70. The first-order valence-electron chi connectivity index (χ1n) is 6.34. The monoisotopic (exact) mass is 226 g/mol. The highest BCUT2D eigenvalue weighted by Crippen LogP contribution is 2.22. The van der Waals surface area contributed by atoms with Gasteiger partial charge in [0, 0.05) is 25.7 Å². The molecule has 2 heterocycles. The molecule has 4 nitrogen and oxygen atoms in total. The maximum atomic E-state index is 11.0. The predicted molar refractivity (Wildman–Crippen MR) is 62.4 cm³/mol. The minimum atomic E-state index is -0.651. The molecule has 4 heteroatoms. The van der Waals surface area contributed by atoms with Gasteiger partial charge in [-0.2, -0.15) is 0 Å². The van der Waals surface area contributed by atoms with Gasteiger partial charge in [0.15, 0.2) is 0 Å². The molecule has 0 aromatic carbocycles. The Morgan fingerprint density at radius 3 is 2.94 bits per heavy atom. The molecular formula is C12H22N2O2. The minimum absolute atomic E-state index is 0.198. The van der Waals surface area contributed by atoms with Crippen LogP contribution in [-0.2, 0) is 4.79 Å². The van der Waals surface area contributed by atoms with Crippen molar-refractivity contribution in [1.82, 2.24) is 10.2 Å². The van der Waals surface area contributed by atoms with E-state index in [2.05, 4.69) is 17.1 Å². The van der Waals surface area contributed by atoms with Crippen LogP contribution >= 0.6 is 0 Å². The van der Waals surface area contributed by atoms with E-state index < -0.39 is 5.97 Å². The van der Waals surface area contributed by atoms with Crippen LogP contribution in [0.25, 0.3) is 0 Å². The van der Waals surface area contributed by atoms with Crippen LogP contribution < -0.4 is 5.32 Å². The summed E-state index contributed by atoms with van der Waals surface area (Å²) in [6, 6.07) is 0.428. The van der Waals surface area contributed by atoms with Crippen molar-refractivity contribution in [1.29, 1.82) is 0 Å². The number of aliphatic carboxylic acids is 1. The van der Waals surface area contributed by atoms with Gasteiger partial charge in [-0.3, -0.25) is 9.69 Å². The molecule has 0 bridgehead atoms. The van der Waals surface area contributed by atoms with Crippen molar-refractivity contribution < 1.29 is 9.90 Å². The summed E-state index contributed by atoms with van der Waals surface area (Å²) in [5.41, 5.74) is 0. The summed E-state index contributed by atoms with van der Waals surface area (Å²) in [7, 11) is 0. The Kier molecular flexibility index (Phi) is 3.82. The van der Waals surface area contributed by atoms with Crippen molar-refractivity contribution in [3.63, 3.8) is 0 Å². The van der Waals surface area contributed by atoms with Gasteiger partial charge >= 0.3 is 5.97 Å². The van der Waals surface area contributed by atoms with Crippen molar-refractivity contribution in [3.05, 3.63) is 0 Å². The highest BCUT2D eigenvalue weighted by Gasteiger charge is 2.31. The third-order valence-corrected chi connectivity index (χ3v) is 3.88. The molecule has 2 aliphatic rings. The van der Waals surface area contributed by atoms with Crippen molar-refractivity contribution >= 4 is 5.97 Å². The number of rotatable bonds is 2. The van der Waals surface area contributed by atoms with Gasteiger partial charge in [0.25, 0.3) is 0 Å². The molecule has 92 valence electrons. The highest BCUT2D eigenvalue weighted by atomic mass is 16.4. The van der Waals surface area contributed by atoms with E-state index in [0.29, 0.717) is 12.6 Å². The summed E-state index contributed by atoms with van der Waals surface area (Å²) < 4.78 is 0. The SMILES string of the molecule is CC1CCCN(C2CNCC(C(=O)O)C2)C1. The first kappa shape index (κ1) is 11.9. The summed E-state index contributed by atoms with van der Waals surface area (Å²) in [5, 5.41) is 12.3. The Morgan fingerprint density at radius 1 is 1.44 bits per heavy atom. The number of carbonyl (C=O) groups is 1. The van der Waals surface area contributed by atoms with E-state index in [-0.39, 0.29) is 5.92 Å². The fourth-order valence-electron chi connectivity index (χ4n) is 2.94. The number of carboxylic acid groups (broad SMARTS) is 1. The molecule has 0 aliphatic carbocycles. The molecule has 2 aliphatic heterocycles. The number of hydrogen-bond acceptors (Lipinski definition) is 3. The molecular weight excluding hydrogens is 204 g/mol. The van der Waals surface area contributed by atoms with E-state index in [0.717, 1.165) is 32.0 Å². The third kappa shape index (κ3) is 2.74. The van der Waals surface area contributed by atoms with Crippen LogP contribution in [0.2, 0.25) is 0 Å². The molecule has 16 heavy (non-hydrogen) atoms. The van der Waals surface area contributed by atoms with Crippen LogP contribution in [0.5, 0.6) is 0 Å². The van der Waals surface area contributed by atoms with Crippen molar-refractivity contribution in [2.75, 3.05) is 26.2 Å². The van der Waals surface area contributed by atoms with Crippen molar-refractivity contribution in [2.45, 2.75) is 32.2 Å². The maximum absolute atomic E-state index is 11.0. The fraction of sp³-hybridized carbons (Fsp3) is 0.917. The first-order chi connectivity index (χ1) is 7.66. The second kappa shape index (κ2) is 5.15. The minimum Gasteiger partial charge on any atom is -0.481 e. The lowest BCUT2D eigenvalue weighted by atomic mass is 9.91. The summed E-state index contributed by atoms with van der Waals surface area (Å²) in [5.74, 6) is -0.0859. The first-order valence-corrected chi connectivity index (χ1v) is 6.34.